The standard InChI is InChI=1S/C20H20FN6O5.K/c1-10-25-26-17(32-10)16(30)24-20(2,3)19-23-13(14(28)18(31)27(19)4)15(29)22-9-11-5-7-12(21)8-6-11;/h5-8H,9H2,1-4H3,(H,22,29)(H,24,30);/q-1;+1. The summed E-state index contributed by atoms with van der Waals surface area (Å²) in [6.45, 7) is 4.56. The maximum atomic E-state index is 13.0. The average molecular weight is 483 g/mol. The Kier molecular flexibility index (Phi) is 8.65. The fourth-order valence-electron chi connectivity index (χ4n) is 2.94. The minimum atomic E-state index is -1.30. The summed E-state index contributed by atoms with van der Waals surface area (Å²) in [5.41, 5.74) is -3.42. The van der Waals surface area contributed by atoms with E-state index >= 15 is 0 Å². The summed E-state index contributed by atoms with van der Waals surface area (Å²) in [4.78, 5) is 53.9. The van der Waals surface area contributed by atoms with Gasteiger partial charge in [0.15, 0.2) is 11.0 Å². The molecule has 2 N–H and O–H groups in total. The third-order valence-corrected chi connectivity index (χ3v) is 4.54. The van der Waals surface area contributed by atoms with Crippen LogP contribution in [0.15, 0.2) is 38.3 Å². The zero-order chi connectivity index (χ0) is 23.6. The van der Waals surface area contributed by atoms with Gasteiger partial charge in [0, 0.05) is 24.8 Å². The smallest absolute Gasteiger partial charge is 0.417 e. The van der Waals surface area contributed by atoms with Gasteiger partial charge in [-0.05, 0) is 38.6 Å². The molecular formula is C20H20FKN6O5. The number of hydrogen-bond acceptors (Lipinski definition) is 8. The van der Waals surface area contributed by atoms with Crippen LogP contribution in [0, 0.1) is 12.7 Å². The predicted molar refractivity (Wildman–Crippen MR) is 108 cm³/mol. The number of halogens is 1. The maximum Gasteiger partial charge on any atom is 1.00 e. The van der Waals surface area contributed by atoms with E-state index in [1.165, 1.54) is 52.1 Å². The average Bonchev–Trinajstić information content (AvgIpc) is 3.17. The number of benzene rings is 1. The van der Waals surface area contributed by atoms with Gasteiger partial charge in [-0.2, -0.15) is 0 Å². The zero-order valence-electron chi connectivity index (χ0n) is 18.7. The van der Waals surface area contributed by atoms with Gasteiger partial charge in [0.2, 0.25) is 11.8 Å². The van der Waals surface area contributed by atoms with Crippen LogP contribution in [0.3, 0.4) is 0 Å². The molecule has 0 aliphatic carbocycles. The van der Waals surface area contributed by atoms with Crippen LogP contribution in [-0.4, -0.2) is 31.6 Å². The van der Waals surface area contributed by atoms with Gasteiger partial charge in [0.25, 0.3) is 0 Å². The van der Waals surface area contributed by atoms with Crippen molar-refractivity contribution in [3.05, 3.63) is 79.5 Å². The number of rotatable bonds is 6. The van der Waals surface area contributed by atoms with Crippen molar-refractivity contribution in [2.24, 2.45) is 7.05 Å². The SMILES string of the molecule is Cc1nnc(C(=O)NC(C)(C)[c-]2nc(C(=O)NCc3ccc(F)cc3)c(=O)c(=O)n2C)o1.[K+]. The van der Waals surface area contributed by atoms with E-state index in [-0.39, 0.29) is 75.5 Å². The van der Waals surface area contributed by atoms with E-state index in [2.05, 4.69) is 25.8 Å². The van der Waals surface area contributed by atoms with E-state index < -0.39 is 39.9 Å². The summed E-state index contributed by atoms with van der Waals surface area (Å²) in [6, 6.07) is 5.39. The Morgan fingerprint density at radius 1 is 1.15 bits per heavy atom. The van der Waals surface area contributed by atoms with Gasteiger partial charge in [-0.3, -0.25) is 9.59 Å². The summed E-state index contributed by atoms with van der Waals surface area (Å²) in [6.07, 6.45) is 0. The molecule has 0 saturated heterocycles. The Balaban J connectivity index is 0.00000385. The largest absolute Gasteiger partial charge is 1.00 e. The van der Waals surface area contributed by atoms with Gasteiger partial charge in [-0.15, -0.1) is 10.2 Å². The number of nitrogens with one attached hydrogen (secondary N) is 2. The Morgan fingerprint density at radius 3 is 2.36 bits per heavy atom. The summed E-state index contributed by atoms with van der Waals surface area (Å²) in [7, 11) is 1.30. The summed E-state index contributed by atoms with van der Waals surface area (Å²) in [5, 5.41) is 12.3. The predicted octanol–water partition coefficient (Wildman–Crippen LogP) is -2.71. The molecule has 0 spiro atoms. The van der Waals surface area contributed by atoms with Crippen LogP contribution in [0.4, 0.5) is 4.39 Å². The topological polar surface area (TPSA) is 149 Å². The Morgan fingerprint density at radius 2 is 1.79 bits per heavy atom. The molecule has 2 heterocycles. The first-order valence-electron chi connectivity index (χ1n) is 9.43. The fraction of sp³-hybridized carbons (Fsp3) is 0.300. The van der Waals surface area contributed by atoms with Gasteiger partial charge < -0.3 is 34.2 Å². The van der Waals surface area contributed by atoms with Crippen molar-refractivity contribution in [1.82, 2.24) is 30.4 Å². The van der Waals surface area contributed by atoms with E-state index in [4.69, 9.17) is 4.42 Å². The molecule has 168 valence electrons. The van der Waals surface area contributed by atoms with Gasteiger partial charge in [0.1, 0.15) is 5.82 Å². The maximum absolute atomic E-state index is 13.0. The van der Waals surface area contributed by atoms with Crippen LogP contribution in [0.1, 0.15) is 52.3 Å². The van der Waals surface area contributed by atoms with Crippen LogP contribution in [0.2, 0.25) is 0 Å². The van der Waals surface area contributed by atoms with E-state index in [9.17, 15) is 23.6 Å². The minimum absolute atomic E-state index is 0. The summed E-state index contributed by atoms with van der Waals surface area (Å²) in [5.74, 6) is -2.18. The van der Waals surface area contributed by atoms with Crippen molar-refractivity contribution >= 4 is 11.8 Å². The molecule has 0 bridgehead atoms. The van der Waals surface area contributed by atoms with Crippen LogP contribution in [0.5, 0.6) is 0 Å². The molecule has 33 heavy (non-hydrogen) atoms. The molecule has 0 radical (unpaired) electrons. The second-order valence-corrected chi connectivity index (χ2v) is 7.49. The van der Waals surface area contributed by atoms with Crippen molar-refractivity contribution in [3.8, 4) is 0 Å². The van der Waals surface area contributed by atoms with Crippen molar-refractivity contribution in [2.45, 2.75) is 32.9 Å². The molecule has 2 aromatic heterocycles. The van der Waals surface area contributed by atoms with E-state index in [0.29, 0.717) is 5.56 Å². The molecule has 13 heteroatoms. The molecule has 0 aliphatic rings. The molecule has 0 unspecified atom stereocenters. The van der Waals surface area contributed by atoms with Crippen LogP contribution in [-0.2, 0) is 19.1 Å². The molecule has 11 nitrogen and oxygen atoms in total. The summed E-state index contributed by atoms with van der Waals surface area (Å²) >= 11 is 0. The molecule has 3 aromatic rings. The normalized spacial score (nSPS) is 10.9. The van der Waals surface area contributed by atoms with Crippen molar-refractivity contribution < 1.29 is 69.8 Å². The second-order valence-electron chi connectivity index (χ2n) is 7.49. The zero-order valence-corrected chi connectivity index (χ0v) is 21.8. The van der Waals surface area contributed by atoms with Crippen LogP contribution >= 0.6 is 0 Å². The molecule has 2 amide bonds. The quantitative estimate of drug-likeness (QED) is 0.219. The van der Waals surface area contributed by atoms with Crippen molar-refractivity contribution in [2.75, 3.05) is 0 Å². The van der Waals surface area contributed by atoms with Crippen molar-refractivity contribution in [1.29, 1.82) is 0 Å². The molecule has 0 fully saturated rings. The van der Waals surface area contributed by atoms with E-state index in [0.717, 1.165) is 4.57 Å². The summed E-state index contributed by atoms with van der Waals surface area (Å²) < 4.78 is 19.1. The number of carbonyl (C=O) groups is 2. The van der Waals surface area contributed by atoms with E-state index in [1.807, 2.05) is 0 Å². The van der Waals surface area contributed by atoms with Crippen LogP contribution < -0.4 is 73.0 Å². The number of amides is 2. The molecule has 0 saturated carbocycles. The monoisotopic (exact) mass is 482 g/mol. The number of carbonyl (C=O) groups excluding carboxylic acids is 2. The third kappa shape index (κ3) is 6.12. The Bertz CT molecular complexity index is 1300. The Hall–Kier alpha value is -2.45. The first-order chi connectivity index (χ1) is 15.0. The minimum Gasteiger partial charge on any atom is -0.417 e. The number of aromatic nitrogens is 4. The molecule has 0 atom stereocenters. The third-order valence-electron chi connectivity index (χ3n) is 4.54. The van der Waals surface area contributed by atoms with Gasteiger partial charge in [-0.1, -0.05) is 12.1 Å². The molecule has 1 aromatic carbocycles. The van der Waals surface area contributed by atoms with Crippen molar-refractivity contribution in [3.63, 3.8) is 0 Å². The van der Waals surface area contributed by atoms with Gasteiger partial charge in [0.05, 0.1) is 5.69 Å². The van der Waals surface area contributed by atoms with Gasteiger partial charge in [-0.25, -0.2) is 4.39 Å². The number of hydrogen-bond donors (Lipinski definition) is 2. The first-order valence-corrected chi connectivity index (χ1v) is 9.43. The van der Waals surface area contributed by atoms with Crippen LogP contribution in [0.25, 0.3) is 0 Å². The second kappa shape index (κ2) is 10.7. The van der Waals surface area contributed by atoms with Gasteiger partial charge >= 0.3 is 63.2 Å². The molecular weight excluding hydrogens is 462 g/mol. The molecule has 3 rings (SSSR count). The Labute approximate surface area is 229 Å². The first kappa shape index (κ1) is 26.8. The fourth-order valence-corrected chi connectivity index (χ4v) is 2.94. The van der Waals surface area contributed by atoms with E-state index in [1.54, 1.807) is 0 Å². The molecule has 0 aliphatic heterocycles. The number of aryl methyl sites for hydroxylation is 1. The number of nitrogens with zero attached hydrogens (tertiary/aromatic N) is 4.